The molecule has 2 aliphatic heterocycles. The van der Waals surface area contributed by atoms with Crippen LogP contribution < -0.4 is 5.32 Å². The van der Waals surface area contributed by atoms with E-state index in [1.54, 1.807) is 0 Å². The van der Waals surface area contributed by atoms with E-state index in [2.05, 4.69) is 5.32 Å². The van der Waals surface area contributed by atoms with Crippen LogP contribution in [0.1, 0.15) is 19.8 Å². The van der Waals surface area contributed by atoms with Gasteiger partial charge in [-0.05, 0) is 32.9 Å². The highest BCUT2D eigenvalue weighted by molar-refractivity contribution is 5.85. The lowest BCUT2D eigenvalue weighted by atomic mass is 9.96. The van der Waals surface area contributed by atoms with Gasteiger partial charge < -0.3 is 15.0 Å². The van der Waals surface area contributed by atoms with Gasteiger partial charge in [0, 0.05) is 19.0 Å². The summed E-state index contributed by atoms with van der Waals surface area (Å²) >= 11 is 0. The predicted octanol–water partition coefficient (Wildman–Crippen LogP) is 0.655. The highest BCUT2D eigenvalue weighted by Crippen LogP contribution is 2.17. The monoisotopic (exact) mass is 248 g/mol. The number of ether oxygens (including phenoxy) is 1. The van der Waals surface area contributed by atoms with Crippen molar-refractivity contribution in [3.8, 4) is 0 Å². The second-order valence-electron chi connectivity index (χ2n) is 4.49. The summed E-state index contributed by atoms with van der Waals surface area (Å²) in [6, 6.07) is 0. The molecule has 94 valence electrons. The van der Waals surface area contributed by atoms with Gasteiger partial charge in [-0.15, -0.1) is 12.4 Å². The lowest BCUT2D eigenvalue weighted by molar-refractivity contribution is -0.143. The molecule has 0 spiro atoms. The van der Waals surface area contributed by atoms with Crippen LogP contribution in [-0.2, 0) is 9.53 Å². The number of carbonyl (C=O) groups excluding carboxylic acids is 1. The van der Waals surface area contributed by atoms with Crippen LogP contribution >= 0.6 is 12.4 Å². The first-order valence-electron chi connectivity index (χ1n) is 5.88. The summed E-state index contributed by atoms with van der Waals surface area (Å²) in [5.41, 5.74) is 0. The van der Waals surface area contributed by atoms with Gasteiger partial charge in [0.25, 0.3) is 0 Å². The summed E-state index contributed by atoms with van der Waals surface area (Å²) in [5.74, 6) is 0.586. The maximum absolute atomic E-state index is 12.1. The molecule has 1 unspecified atom stereocenters. The number of nitrogens with one attached hydrogen (secondary N) is 1. The maximum atomic E-state index is 12.1. The number of halogens is 1. The number of hydrogen-bond donors (Lipinski definition) is 1. The van der Waals surface area contributed by atoms with Gasteiger partial charge in [0.1, 0.15) is 0 Å². The first-order chi connectivity index (χ1) is 7.27. The maximum Gasteiger partial charge on any atom is 0.225 e. The third kappa shape index (κ3) is 3.34. The number of carbonyl (C=O) groups is 1. The molecule has 1 amide bonds. The zero-order chi connectivity index (χ0) is 10.7. The van der Waals surface area contributed by atoms with Crippen LogP contribution in [-0.4, -0.2) is 49.7 Å². The molecule has 1 atom stereocenters. The number of rotatable bonds is 1. The third-order valence-corrected chi connectivity index (χ3v) is 3.24. The topological polar surface area (TPSA) is 41.6 Å². The van der Waals surface area contributed by atoms with Crippen LogP contribution in [0.5, 0.6) is 0 Å². The summed E-state index contributed by atoms with van der Waals surface area (Å²) in [6.45, 7) is 6.22. The van der Waals surface area contributed by atoms with Gasteiger partial charge in [-0.1, -0.05) is 0 Å². The Morgan fingerprint density at radius 1 is 1.38 bits per heavy atom. The molecule has 0 radical (unpaired) electrons. The van der Waals surface area contributed by atoms with Crippen LogP contribution in [0.4, 0.5) is 0 Å². The first-order valence-corrected chi connectivity index (χ1v) is 5.88. The molecule has 2 rings (SSSR count). The Labute approximate surface area is 103 Å². The van der Waals surface area contributed by atoms with Gasteiger partial charge in [-0.3, -0.25) is 4.79 Å². The van der Waals surface area contributed by atoms with Crippen molar-refractivity contribution < 1.29 is 9.53 Å². The molecule has 0 bridgehead atoms. The van der Waals surface area contributed by atoms with Crippen molar-refractivity contribution in [2.45, 2.75) is 25.9 Å². The van der Waals surface area contributed by atoms with Crippen molar-refractivity contribution in [1.29, 1.82) is 0 Å². The SMILES string of the molecule is CC1CN(C(=O)C2CCNCC2)CCO1.Cl. The third-order valence-electron chi connectivity index (χ3n) is 3.24. The van der Waals surface area contributed by atoms with Crippen LogP contribution in [0.3, 0.4) is 0 Å². The van der Waals surface area contributed by atoms with E-state index >= 15 is 0 Å². The molecule has 0 aromatic heterocycles. The fourth-order valence-corrected chi connectivity index (χ4v) is 2.35. The van der Waals surface area contributed by atoms with E-state index in [9.17, 15) is 4.79 Å². The van der Waals surface area contributed by atoms with Crippen molar-refractivity contribution in [1.82, 2.24) is 10.2 Å². The van der Waals surface area contributed by atoms with E-state index in [1.807, 2.05) is 11.8 Å². The molecule has 0 aromatic carbocycles. The summed E-state index contributed by atoms with van der Waals surface area (Å²) in [6.07, 6.45) is 2.18. The second kappa shape index (κ2) is 6.42. The fourth-order valence-electron chi connectivity index (χ4n) is 2.35. The molecule has 1 N–H and O–H groups in total. The molecule has 0 saturated carbocycles. The number of morpholine rings is 1. The lowest BCUT2D eigenvalue weighted by Gasteiger charge is -2.34. The zero-order valence-electron chi connectivity index (χ0n) is 9.78. The van der Waals surface area contributed by atoms with E-state index in [0.717, 1.165) is 39.0 Å². The smallest absolute Gasteiger partial charge is 0.225 e. The summed E-state index contributed by atoms with van der Waals surface area (Å²) in [5, 5.41) is 3.29. The number of piperidine rings is 1. The standard InChI is InChI=1S/C11H20N2O2.ClH/c1-9-8-13(6-7-15-9)11(14)10-2-4-12-5-3-10;/h9-10,12H,2-8H2,1H3;1H. The van der Waals surface area contributed by atoms with Gasteiger partial charge in [0.15, 0.2) is 0 Å². The predicted molar refractivity (Wildman–Crippen MR) is 64.8 cm³/mol. The second-order valence-corrected chi connectivity index (χ2v) is 4.49. The largest absolute Gasteiger partial charge is 0.375 e. The van der Waals surface area contributed by atoms with Crippen LogP contribution in [0.25, 0.3) is 0 Å². The van der Waals surface area contributed by atoms with E-state index in [0.29, 0.717) is 12.5 Å². The molecule has 2 heterocycles. The quantitative estimate of drug-likeness (QED) is 0.741. The van der Waals surface area contributed by atoms with Crippen molar-refractivity contribution in [2.75, 3.05) is 32.8 Å². The van der Waals surface area contributed by atoms with E-state index < -0.39 is 0 Å². The summed E-state index contributed by atoms with van der Waals surface area (Å²) < 4.78 is 5.44. The van der Waals surface area contributed by atoms with E-state index in [1.165, 1.54) is 0 Å². The minimum atomic E-state index is 0. The van der Waals surface area contributed by atoms with E-state index in [-0.39, 0.29) is 24.4 Å². The highest BCUT2D eigenvalue weighted by Gasteiger charge is 2.28. The molecule has 2 saturated heterocycles. The fraction of sp³-hybridized carbons (Fsp3) is 0.909. The van der Waals surface area contributed by atoms with Gasteiger partial charge in [0.05, 0.1) is 12.7 Å². The summed E-state index contributed by atoms with van der Waals surface area (Å²) in [4.78, 5) is 14.1. The van der Waals surface area contributed by atoms with Crippen LogP contribution in [0, 0.1) is 5.92 Å². The molecular weight excluding hydrogens is 228 g/mol. The number of amides is 1. The Bertz CT molecular complexity index is 232. The molecular formula is C11H21ClN2O2. The normalized spacial score (nSPS) is 27.3. The molecule has 0 aromatic rings. The highest BCUT2D eigenvalue weighted by atomic mass is 35.5. The van der Waals surface area contributed by atoms with E-state index in [4.69, 9.17) is 4.74 Å². The Balaban J connectivity index is 0.00000128. The molecule has 2 aliphatic rings. The van der Waals surface area contributed by atoms with Crippen molar-refractivity contribution in [3.63, 3.8) is 0 Å². The average Bonchev–Trinajstić information content (AvgIpc) is 2.29. The molecule has 5 heteroatoms. The Morgan fingerprint density at radius 2 is 2.06 bits per heavy atom. The molecule has 16 heavy (non-hydrogen) atoms. The molecule has 4 nitrogen and oxygen atoms in total. The van der Waals surface area contributed by atoms with Gasteiger partial charge in [-0.2, -0.15) is 0 Å². The Morgan fingerprint density at radius 3 is 2.69 bits per heavy atom. The van der Waals surface area contributed by atoms with Gasteiger partial charge in [-0.25, -0.2) is 0 Å². The first kappa shape index (κ1) is 13.7. The zero-order valence-corrected chi connectivity index (χ0v) is 10.6. The van der Waals surface area contributed by atoms with Crippen molar-refractivity contribution in [3.05, 3.63) is 0 Å². The Kier molecular flexibility index (Phi) is 5.52. The minimum absolute atomic E-state index is 0. The average molecular weight is 249 g/mol. The number of nitrogens with zero attached hydrogens (tertiary/aromatic N) is 1. The molecule has 2 fully saturated rings. The number of hydrogen-bond acceptors (Lipinski definition) is 3. The van der Waals surface area contributed by atoms with Gasteiger partial charge >= 0.3 is 0 Å². The Hall–Kier alpha value is -0.320. The summed E-state index contributed by atoms with van der Waals surface area (Å²) in [7, 11) is 0. The van der Waals surface area contributed by atoms with Crippen molar-refractivity contribution in [2.24, 2.45) is 5.92 Å². The van der Waals surface area contributed by atoms with Crippen LogP contribution in [0.15, 0.2) is 0 Å². The van der Waals surface area contributed by atoms with Crippen LogP contribution in [0.2, 0.25) is 0 Å². The lowest BCUT2D eigenvalue weighted by Crippen LogP contribution is -2.48. The minimum Gasteiger partial charge on any atom is -0.375 e. The molecule has 0 aliphatic carbocycles. The van der Waals surface area contributed by atoms with Gasteiger partial charge in [0.2, 0.25) is 5.91 Å². The van der Waals surface area contributed by atoms with Crippen molar-refractivity contribution >= 4 is 18.3 Å².